The monoisotopic (exact) mass is 448 g/mol. The van der Waals surface area contributed by atoms with E-state index in [0.717, 1.165) is 12.0 Å². The quantitative estimate of drug-likeness (QED) is 0.558. The van der Waals surface area contributed by atoms with Crippen molar-refractivity contribution in [2.45, 2.75) is 32.9 Å². The summed E-state index contributed by atoms with van der Waals surface area (Å²) in [4.78, 5) is 24.6. The lowest BCUT2D eigenvalue weighted by molar-refractivity contribution is -0.142. The van der Waals surface area contributed by atoms with Crippen LogP contribution in [0.4, 0.5) is 4.79 Å². The van der Waals surface area contributed by atoms with Gasteiger partial charge in [0.25, 0.3) is 0 Å². The summed E-state index contributed by atoms with van der Waals surface area (Å²) >= 11 is 0. The molecule has 1 amide bonds. The van der Waals surface area contributed by atoms with Crippen molar-refractivity contribution < 1.29 is 19.4 Å². The smallest absolute Gasteiger partial charge is 0.410 e. The van der Waals surface area contributed by atoms with Crippen LogP contribution in [0.1, 0.15) is 37.4 Å². The molecular formula is C27H32N2O4. The SMILES string of the molecule is CC(N)c1cccc2ccccc12.CCC1CN(C(=O)OCc2ccccc2)CC1C(=O)O. The highest BCUT2D eigenvalue weighted by Crippen LogP contribution is 2.27. The molecule has 1 saturated heterocycles. The number of carbonyl (C=O) groups excluding carboxylic acids is 1. The van der Waals surface area contributed by atoms with E-state index in [2.05, 4.69) is 30.3 Å². The Hall–Kier alpha value is -3.38. The Morgan fingerprint density at radius 1 is 1.03 bits per heavy atom. The molecule has 33 heavy (non-hydrogen) atoms. The number of nitrogens with zero attached hydrogens (tertiary/aromatic N) is 1. The van der Waals surface area contributed by atoms with Crippen LogP contribution in [0.3, 0.4) is 0 Å². The van der Waals surface area contributed by atoms with Crippen LogP contribution in [-0.2, 0) is 16.1 Å². The second-order valence-electron chi connectivity index (χ2n) is 8.42. The molecular weight excluding hydrogens is 416 g/mol. The molecule has 0 aromatic heterocycles. The summed E-state index contributed by atoms with van der Waals surface area (Å²) in [5, 5.41) is 11.7. The summed E-state index contributed by atoms with van der Waals surface area (Å²) in [6.45, 7) is 4.87. The second-order valence-corrected chi connectivity index (χ2v) is 8.42. The first-order valence-corrected chi connectivity index (χ1v) is 11.3. The summed E-state index contributed by atoms with van der Waals surface area (Å²) in [6.07, 6.45) is 0.315. The van der Waals surface area contributed by atoms with Crippen molar-refractivity contribution >= 4 is 22.8 Å². The van der Waals surface area contributed by atoms with Crippen LogP contribution in [0.15, 0.2) is 72.8 Å². The lowest BCUT2D eigenvalue weighted by Crippen LogP contribution is -2.30. The fraction of sp³-hybridized carbons (Fsp3) is 0.333. The molecule has 4 rings (SSSR count). The van der Waals surface area contributed by atoms with Gasteiger partial charge in [-0.2, -0.15) is 0 Å². The van der Waals surface area contributed by atoms with Crippen molar-refractivity contribution in [3.8, 4) is 0 Å². The molecule has 174 valence electrons. The minimum Gasteiger partial charge on any atom is -0.481 e. The van der Waals surface area contributed by atoms with Gasteiger partial charge in [0.2, 0.25) is 0 Å². The predicted octanol–water partition coefficient (Wildman–Crippen LogP) is 5.23. The number of carbonyl (C=O) groups is 2. The first kappa shape index (κ1) is 24.3. The third-order valence-corrected chi connectivity index (χ3v) is 6.06. The largest absolute Gasteiger partial charge is 0.481 e. The van der Waals surface area contributed by atoms with Crippen LogP contribution >= 0.6 is 0 Å². The van der Waals surface area contributed by atoms with Crippen molar-refractivity contribution in [1.82, 2.24) is 4.90 Å². The maximum Gasteiger partial charge on any atom is 0.410 e. The maximum atomic E-state index is 12.0. The van der Waals surface area contributed by atoms with Gasteiger partial charge in [-0.25, -0.2) is 4.79 Å². The molecule has 0 spiro atoms. The highest BCUT2D eigenvalue weighted by Gasteiger charge is 2.39. The zero-order valence-corrected chi connectivity index (χ0v) is 19.2. The van der Waals surface area contributed by atoms with Gasteiger partial charge in [-0.05, 0) is 34.7 Å². The van der Waals surface area contributed by atoms with Crippen LogP contribution in [0.25, 0.3) is 10.8 Å². The second kappa shape index (κ2) is 11.5. The van der Waals surface area contributed by atoms with E-state index in [-0.39, 0.29) is 25.1 Å². The van der Waals surface area contributed by atoms with E-state index < -0.39 is 18.0 Å². The molecule has 0 saturated carbocycles. The summed E-state index contributed by atoms with van der Waals surface area (Å²) in [5.41, 5.74) is 8.02. The fourth-order valence-electron chi connectivity index (χ4n) is 4.17. The van der Waals surface area contributed by atoms with Gasteiger partial charge in [0.05, 0.1) is 5.92 Å². The molecule has 3 unspecified atom stereocenters. The number of carboxylic acids is 1. The first-order chi connectivity index (χ1) is 15.9. The maximum absolute atomic E-state index is 12.0. The molecule has 1 aliphatic heterocycles. The number of amides is 1. The topological polar surface area (TPSA) is 92.9 Å². The average Bonchev–Trinajstić information content (AvgIpc) is 3.28. The Morgan fingerprint density at radius 2 is 1.70 bits per heavy atom. The molecule has 0 radical (unpaired) electrons. The predicted molar refractivity (Wildman–Crippen MR) is 130 cm³/mol. The average molecular weight is 449 g/mol. The van der Waals surface area contributed by atoms with Crippen molar-refractivity contribution in [2.24, 2.45) is 17.6 Å². The summed E-state index contributed by atoms with van der Waals surface area (Å²) < 4.78 is 5.23. The molecule has 1 fully saturated rings. The zero-order valence-electron chi connectivity index (χ0n) is 19.2. The molecule has 6 heteroatoms. The number of nitrogens with two attached hydrogens (primary N) is 1. The van der Waals surface area contributed by atoms with Gasteiger partial charge in [-0.3, -0.25) is 4.79 Å². The lowest BCUT2D eigenvalue weighted by atomic mass is 9.94. The van der Waals surface area contributed by atoms with Crippen molar-refractivity contribution in [3.05, 3.63) is 83.9 Å². The fourth-order valence-corrected chi connectivity index (χ4v) is 4.17. The number of aliphatic carboxylic acids is 1. The molecule has 0 aliphatic carbocycles. The number of rotatable bonds is 5. The van der Waals surface area contributed by atoms with Gasteiger partial charge in [-0.15, -0.1) is 0 Å². The number of hydrogen-bond acceptors (Lipinski definition) is 4. The first-order valence-electron chi connectivity index (χ1n) is 11.3. The van der Waals surface area contributed by atoms with Gasteiger partial charge < -0.3 is 20.5 Å². The highest BCUT2D eigenvalue weighted by atomic mass is 16.6. The molecule has 3 N–H and O–H groups in total. The zero-order chi connectivity index (χ0) is 23.8. The minimum atomic E-state index is -0.838. The molecule has 0 bridgehead atoms. The van der Waals surface area contributed by atoms with Gasteiger partial charge in [-0.1, -0.05) is 86.1 Å². The van der Waals surface area contributed by atoms with E-state index in [4.69, 9.17) is 15.6 Å². The van der Waals surface area contributed by atoms with Crippen molar-refractivity contribution in [1.29, 1.82) is 0 Å². The minimum absolute atomic E-state index is 0.0109. The van der Waals surface area contributed by atoms with Gasteiger partial charge >= 0.3 is 12.1 Å². The van der Waals surface area contributed by atoms with E-state index in [1.807, 2.05) is 56.3 Å². The Balaban J connectivity index is 0.000000203. The summed E-state index contributed by atoms with van der Waals surface area (Å²) in [7, 11) is 0. The Bertz CT molecular complexity index is 1060. The van der Waals surface area contributed by atoms with Gasteiger partial charge in [0.15, 0.2) is 0 Å². The number of hydrogen-bond donors (Lipinski definition) is 2. The lowest BCUT2D eigenvalue weighted by Gasteiger charge is -2.15. The van der Waals surface area contributed by atoms with Crippen LogP contribution in [0.2, 0.25) is 0 Å². The number of ether oxygens (including phenoxy) is 1. The third-order valence-electron chi connectivity index (χ3n) is 6.06. The third kappa shape index (κ3) is 6.33. The standard InChI is InChI=1S/C15H19NO4.C12H13N/c1-2-12-8-16(9-13(12)14(17)18)15(19)20-10-11-6-4-3-5-7-11;1-9(13)11-8-4-6-10-5-2-3-7-12(10)11/h3-7,12-13H,2,8-10H2,1H3,(H,17,18);2-9H,13H2,1H3. The highest BCUT2D eigenvalue weighted by molar-refractivity contribution is 5.86. The van der Waals surface area contributed by atoms with E-state index in [1.165, 1.54) is 21.2 Å². The number of fused-ring (bicyclic) bond motifs is 1. The van der Waals surface area contributed by atoms with Crippen LogP contribution in [-0.4, -0.2) is 35.2 Å². The summed E-state index contributed by atoms with van der Waals surface area (Å²) in [5.74, 6) is -1.31. The Kier molecular flexibility index (Phi) is 8.44. The van der Waals surface area contributed by atoms with E-state index in [1.54, 1.807) is 0 Å². The van der Waals surface area contributed by atoms with Gasteiger partial charge in [0.1, 0.15) is 6.61 Å². The number of likely N-dealkylation sites (tertiary alicyclic amines) is 1. The molecule has 1 aliphatic rings. The van der Waals surface area contributed by atoms with E-state index >= 15 is 0 Å². The molecule has 6 nitrogen and oxygen atoms in total. The normalized spacial score (nSPS) is 18.3. The van der Waals surface area contributed by atoms with Crippen LogP contribution in [0.5, 0.6) is 0 Å². The van der Waals surface area contributed by atoms with E-state index in [0.29, 0.717) is 6.54 Å². The molecule has 3 aromatic carbocycles. The number of carboxylic acid groups (broad SMARTS) is 1. The van der Waals surface area contributed by atoms with Crippen molar-refractivity contribution in [2.75, 3.05) is 13.1 Å². The molecule has 1 heterocycles. The Morgan fingerprint density at radius 3 is 2.33 bits per heavy atom. The van der Waals surface area contributed by atoms with Crippen LogP contribution in [0, 0.1) is 11.8 Å². The van der Waals surface area contributed by atoms with Crippen LogP contribution < -0.4 is 5.73 Å². The Labute approximate surface area is 195 Å². The summed E-state index contributed by atoms with van der Waals surface area (Å²) in [6, 6.07) is 24.1. The molecule has 3 atom stereocenters. The van der Waals surface area contributed by atoms with Gasteiger partial charge in [0, 0.05) is 19.1 Å². The molecule has 3 aromatic rings. The van der Waals surface area contributed by atoms with E-state index in [9.17, 15) is 9.59 Å². The number of benzene rings is 3. The van der Waals surface area contributed by atoms with Crippen molar-refractivity contribution in [3.63, 3.8) is 0 Å².